The van der Waals surface area contributed by atoms with Crippen molar-refractivity contribution in [1.82, 2.24) is 4.90 Å². The Morgan fingerprint density at radius 2 is 1.68 bits per heavy atom. The SMILES string of the molecule is C=CCN(C(=O)[C@@H]1[C@H]2C(=O)N(CCCCCO)C(C(=O)N(CC=C)c3c(C)cccc3C)C23S[C@@H]1CC3C)c1ccc(OCC)cc1. The summed E-state index contributed by atoms with van der Waals surface area (Å²) in [7, 11) is 0. The number of unbranched alkanes of at least 4 members (excludes halogenated alkanes) is 2. The number of amides is 3. The monoisotopic (exact) mass is 659 g/mol. The van der Waals surface area contributed by atoms with Crippen LogP contribution in [0.5, 0.6) is 5.75 Å². The summed E-state index contributed by atoms with van der Waals surface area (Å²) in [6, 6.07) is 12.7. The van der Waals surface area contributed by atoms with Crippen LogP contribution in [0.25, 0.3) is 0 Å². The first kappa shape index (κ1) is 34.8. The van der Waals surface area contributed by atoms with E-state index in [2.05, 4.69) is 20.1 Å². The molecular formula is C38H49N3O5S. The molecule has 1 N–H and O–H groups in total. The first-order chi connectivity index (χ1) is 22.7. The third-order valence-corrected chi connectivity index (χ3v) is 12.2. The van der Waals surface area contributed by atoms with Gasteiger partial charge in [0.25, 0.3) is 5.91 Å². The summed E-state index contributed by atoms with van der Waals surface area (Å²) in [4.78, 5) is 49.8. The summed E-state index contributed by atoms with van der Waals surface area (Å²) in [5.41, 5.74) is 3.52. The van der Waals surface area contributed by atoms with Crippen LogP contribution in [0, 0.1) is 31.6 Å². The van der Waals surface area contributed by atoms with Crippen molar-refractivity contribution in [3.05, 3.63) is 78.9 Å². The number of likely N-dealkylation sites (tertiary alicyclic amines) is 1. The Morgan fingerprint density at radius 3 is 2.30 bits per heavy atom. The fourth-order valence-electron chi connectivity index (χ4n) is 8.21. The zero-order valence-electron chi connectivity index (χ0n) is 28.2. The van der Waals surface area contributed by atoms with Crippen LogP contribution in [0.1, 0.15) is 50.7 Å². The molecule has 3 fully saturated rings. The van der Waals surface area contributed by atoms with Gasteiger partial charge < -0.3 is 24.5 Å². The molecule has 1 spiro atoms. The molecule has 8 nitrogen and oxygen atoms in total. The second kappa shape index (κ2) is 14.7. The zero-order chi connectivity index (χ0) is 33.9. The van der Waals surface area contributed by atoms with Crippen molar-refractivity contribution in [2.24, 2.45) is 17.8 Å². The first-order valence-corrected chi connectivity index (χ1v) is 17.8. The van der Waals surface area contributed by atoms with Crippen LogP contribution in [0.15, 0.2) is 67.8 Å². The summed E-state index contributed by atoms with van der Waals surface area (Å²) in [5, 5.41) is 9.35. The van der Waals surface area contributed by atoms with E-state index in [1.165, 1.54) is 0 Å². The Kier molecular flexibility index (Phi) is 10.9. The third-order valence-electron chi connectivity index (χ3n) is 10.1. The van der Waals surface area contributed by atoms with Crippen LogP contribution >= 0.6 is 11.8 Å². The van der Waals surface area contributed by atoms with Crippen molar-refractivity contribution in [3.8, 4) is 5.75 Å². The molecule has 6 atom stereocenters. The van der Waals surface area contributed by atoms with E-state index in [0.29, 0.717) is 39.1 Å². The van der Waals surface area contributed by atoms with Crippen LogP contribution in [0.4, 0.5) is 11.4 Å². The topological polar surface area (TPSA) is 90.4 Å². The number of rotatable bonds is 15. The van der Waals surface area contributed by atoms with Gasteiger partial charge in [-0.05, 0) is 87.8 Å². The molecule has 3 heterocycles. The molecule has 2 aromatic carbocycles. The third kappa shape index (κ3) is 6.13. The van der Waals surface area contributed by atoms with Gasteiger partial charge in [-0.3, -0.25) is 14.4 Å². The van der Waals surface area contributed by atoms with Crippen molar-refractivity contribution in [3.63, 3.8) is 0 Å². The van der Waals surface area contributed by atoms with Gasteiger partial charge in [-0.25, -0.2) is 0 Å². The number of hydrogen-bond acceptors (Lipinski definition) is 6. The maximum absolute atomic E-state index is 15.1. The van der Waals surface area contributed by atoms with Crippen molar-refractivity contribution < 1.29 is 24.2 Å². The average molecular weight is 660 g/mol. The minimum atomic E-state index is -0.745. The van der Waals surface area contributed by atoms with Crippen molar-refractivity contribution in [2.45, 2.75) is 69.4 Å². The molecule has 2 bridgehead atoms. The summed E-state index contributed by atoms with van der Waals surface area (Å²) in [6.07, 6.45) is 6.24. The number of ether oxygens (including phenoxy) is 1. The maximum atomic E-state index is 15.1. The Bertz CT molecular complexity index is 1470. The van der Waals surface area contributed by atoms with Crippen LogP contribution in [-0.4, -0.2) is 76.6 Å². The van der Waals surface area contributed by atoms with Crippen molar-refractivity contribution in [1.29, 1.82) is 0 Å². The predicted octanol–water partition coefficient (Wildman–Crippen LogP) is 5.94. The lowest BCUT2D eigenvalue weighted by Crippen LogP contribution is -2.58. The van der Waals surface area contributed by atoms with E-state index in [1.54, 1.807) is 38.6 Å². The number of carbonyl (C=O) groups excluding carboxylic acids is 3. The van der Waals surface area contributed by atoms with Crippen molar-refractivity contribution >= 4 is 40.9 Å². The fraction of sp³-hybridized carbons (Fsp3) is 0.500. The van der Waals surface area contributed by atoms with Crippen molar-refractivity contribution in [2.75, 3.05) is 42.6 Å². The highest BCUT2D eigenvalue weighted by molar-refractivity contribution is 8.02. The lowest BCUT2D eigenvalue weighted by atomic mass is 9.65. The molecule has 9 heteroatoms. The first-order valence-electron chi connectivity index (χ1n) is 16.9. The van der Waals surface area contributed by atoms with Gasteiger partial charge in [0.15, 0.2) is 0 Å². The summed E-state index contributed by atoms with van der Waals surface area (Å²) in [6.45, 7) is 17.6. The highest BCUT2D eigenvalue weighted by atomic mass is 32.2. The quantitative estimate of drug-likeness (QED) is 0.188. The molecule has 2 aromatic rings. The molecule has 3 aliphatic heterocycles. The standard InChI is InChI=1S/C38H49N3O5S/c1-7-20-39(28-16-18-29(19-17-28)46-9-3)35(43)31-30-24-27(6)38(47-30)32(31)36(44)41(22-11-10-12-23-42)34(38)37(45)40(21-8-2)33-25(4)14-13-15-26(33)5/h7-8,13-19,27,30-32,34,42H,1-2,9-12,20-24H2,3-6H3/t27?,30-,31+,32+,34?,38?/m1/s1. The zero-order valence-corrected chi connectivity index (χ0v) is 29.0. The number of hydrogen-bond donors (Lipinski definition) is 1. The lowest BCUT2D eigenvalue weighted by molar-refractivity contribution is -0.139. The van der Waals surface area contributed by atoms with E-state index in [0.717, 1.165) is 41.1 Å². The van der Waals surface area contributed by atoms with Gasteiger partial charge in [-0.2, -0.15) is 0 Å². The number of para-hydroxylation sites is 1. The average Bonchev–Trinajstić information content (AvgIpc) is 3.65. The second-order valence-corrected chi connectivity index (χ2v) is 14.6. The lowest BCUT2D eigenvalue weighted by Gasteiger charge is -2.41. The Balaban J connectivity index is 1.57. The normalized spacial score (nSPS) is 25.9. The van der Waals surface area contributed by atoms with E-state index in [4.69, 9.17) is 4.74 Å². The minimum absolute atomic E-state index is 0.0498. The molecule has 3 amide bonds. The van der Waals surface area contributed by atoms with E-state index >= 15 is 4.79 Å². The van der Waals surface area contributed by atoms with Gasteiger partial charge >= 0.3 is 0 Å². The van der Waals surface area contributed by atoms with Gasteiger partial charge in [-0.1, -0.05) is 37.3 Å². The van der Waals surface area contributed by atoms with Crippen LogP contribution < -0.4 is 14.5 Å². The molecule has 47 heavy (non-hydrogen) atoms. The van der Waals surface area contributed by atoms with Crippen LogP contribution in [0.3, 0.4) is 0 Å². The predicted molar refractivity (Wildman–Crippen MR) is 190 cm³/mol. The number of aryl methyl sites for hydroxylation is 2. The highest BCUT2D eigenvalue weighted by Gasteiger charge is 2.76. The molecule has 3 saturated heterocycles. The van der Waals surface area contributed by atoms with Gasteiger partial charge in [-0.15, -0.1) is 24.9 Å². The van der Waals surface area contributed by atoms with E-state index < -0.39 is 22.6 Å². The van der Waals surface area contributed by atoms with Crippen LogP contribution in [-0.2, 0) is 14.4 Å². The number of anilines is 2. The largest absolute Gasteiger partial charge is 0.494 e. The molecule has 252 valence electrons. The van der Waals surface area contributed by atoms with Gasteiger partial charge in [0.2, 0.25) is 11.8 Å². The van der Waals surface area contributed by atoms with E-state index in [-0.39, 0.29) is 35.5 Å². The highest BCUT2D eigenvalue weighted by Crippen LogP contribution is 2.69. The van der Waals surface area contributed by atoms with Gasteiger partial charge in [0.05, 0.1) is 23.2 Å². The number of carbonyl (C=O) groups is 3. The van der Waals surface area contributed by atoms with Gasteiger partial charge in [0, 0.05) is 42.9 Å². The molecule has 3 aliphatic rings. The molecule has 0 aromatic heterocycles. The van der Waals surface area contributed by atoms with Crippen LogP contribution in [0.2, 0.25) is 0 Å². The molecule has 3 unspecified atom stereocenters. The Hall–Kier alpha value is -3.56. The number of aliphatic hydroxyl groups excluding tert-OH is 1. The number of benzene rings is 2. The molecular weight excluding hydrogens is 611 g/mol. The molecule has 0 radical (unpaired) electrons. The summed E-state index contributed by atoms with van der Waals surface area (Å²) < 4.78 is 4.88. The summed E-state index contributed by atoms with van der Waals surface area (Å²) in [5.74, 6) is -0.762. The Morgan fingerprint density at radius 1 is 1.02 bits per heavy atom. The smallest absolute Gasteiger partial charge is 0.251 e. The number of thioether (sulfide) groups is 1. The number of nitrogens with zero attached hydrogens (tertiary/aromatic N) is 3. The second-order valence-electron chi connectivity index (χ2n) is 13.0. The van der Waals surface area contributed by atoms with E-state index in [1.807, 2.05) is 63.2 Å². The molecule has 0 aliphatic carbocycles. The summed E-state index contributed by atoms with van der Waals surface area (Å²) >= 11 is 1.69. The maximum Gasteiger partial charge on any atom is 0.251 e. The fourth-order valence-corrected chi connectivity index (χ4v) is 10.6. The Labute approximate surface area is 283 Å². The molecule has 0 saturated carbocycles. The molecule has 5 rings (SSSR count). The van der Waals surface area contributed by atoms with Gasteiger partial charge in [0.1, 0.15) is 11.8 Å². The van der Waals surface area contributed by atoms with E-state index in [9.17, 15) is 14.7 Å². The number of fused-ring (bicyclic) bond motifs is 1. The number of aliphatic hydroxyl groups is 1. The minimum Gasteiger partial charge on any atom is -0.494 e.